The summed E-state index contributed by atoms with van der Waals surface area (Å²) in [6, 6.07) is 10.2. The van der Waals surface area contributed by atoms with Crippen molar-refractivity contribution in [2.45, 2.75) is 5.92 Å². The van der Waals surface area contributed by atoms with Crippen LogP contribution in [-0.2, 0) is 9.59 Å². The molecule has 0 bridgehead atoms. The average molecular weight is 319 g/mol. The number of hydrogen-bond acceptors (Lipinski definition) is 4. The number of nitrogens with two attached hydrogens (primary N) is 1. The van der Waals surface area contributed by atoms with Gasteiger partial charge in [0, 0.05) is 19.0 Å². The van der Waals surface area contributed by atoms with Gasteiger partial charge in [0.15, 0.2) is 0 Å². The molecule has 0 radical (unpaired) electrons. The minimum absolute atomic E-state index is 0.0349. The van der Waals surface area contributed by atoms with Crippen LogP contribution in [0.3, 0.4) is 0 Å². The quantitative estimate of drug-likeness (QED) is 0.888. The second kappa shape index (κ2) is 6.71. The van der Waals surface area contributed by atoms with Crippen LogP contribution in [0.15, 0.2) is 30.3 Å². The van der Waals surface area contributed by atoms with Gasteiger partial charge >= 0.3 is 0 Å². The van der Waals surface area contributed by atoms with Gasteiger partial charge in [-0.05, 0) is 18.0 Å². The van der Waals surface area contributed by atoms with Gasteiger partial charge in [-0.2, -0.15) is 0 Å². The molecule has 2 heterocycles. The van der Waals surface area contributed by atoms with E-state index in [2.05, 4.69) is 12.1 Å². The molecule has 2 fully saturated rings. The molecule has 1 aromatic rings. The number of likely N-dealkylation sites (tertiary alicyclic amines) is 1. The van der Waals surface area contributed by atoms with Crippen molar-refractivity contribution in [1.82, 2.24) is 9.80 Å². The van der Waals surface area contributed by atoms with Gasteiger partial charge in [-0.25, -0.2) is 0 Å². The van der Waals surface area contributed by atoms with E-state index in [1.165, 1.54) is 5.56 Å². The molecule has 3 rings (SSSR count). The van der Waals surface area contributed by atoms with E-state index in [-0.39, 0.29) is 24.3 Å². The van der Waals surface area contributed by atoms with Gasteiger partial charge in [-0.15, -0.1) is 11.8 Å². The molecule has 2 aliphatic rings. The number of benzene rings is 1. The first-order chi connectivity index (χ1) is 10.7. The highest BCUT2D eigenvalue weighted by Gasteiger charge is 2.36. The zero-order valence-electron chi connectivity index (χ0n) is 12.5. The molecule has 1 aromatic carbocycles. The molecule has 0 saturated carbocycles. The monoisotopic (exact) mass is 319 g/mol. The highest BCUT2D eigenvalue weighted by molar-refractivity contribution is 8.00. The van der Waals surface area contributed by atoms with Gasteiger partial charge < -0.3 is 15.5 Å². The number of carbonyl (C=O) groups excluding carboxylic acids is 2. The predicted octanol–water partition coefficient (Wildman–Crippen LogP) is 0.720. The van der Waals surface area contributed by atoms with Gasteiger partial charge in [-0.1, -0.05) is 30.3 Å². The SMILES string of the molecule is NC[C@@H]1CN(C(=O)CN2CSCC2=O)C[C@H]1c1ccccc1. The molecule has 2 aliphatic heterocycles. The topological polar surface area (TPSA) is 66.6 Å². The van der Waals surface area contributed by atoms with Crippen LogP contribution in [0.2, 0.25) is 0 Å². The molecule has 5 nitrogen and oxygen atoms in total. The Bertz CT molecular complexity index is 552. The van der Waals surface area contributed by atoms with Gasteiger partial charge in [0.2, 0.25) is 11.8 Å². The third kappa shape index (κ3) is 3.13. The molecule has 6 heteroatoms. The molecule has 2 N–H and O–H groups in total. The Morgan fingerprint density at radius 1 is 1.27 bits per heavy atom. The Balaban J connectivity index is 1.66. The Morgan fingerprint density at radius 3 is 2.68 bits per heavy atom. The zero-order valence-corrected chi connectivity index (χ0v) is 13.3. The van der Waals surface area contributed by atoms with Crippen LogP contribution in [0, 0.1) is 5.92 Å². The largest absolute Gasteiger partial charge is 0.340 e. The lowest BCUT2D eigenvalue weighted by molar-refractivity contribution is -0.137. The van der Waals surface area contributed by atoms with Crippen LogP contribution in [-0.4, -0.2) is 59.4 Å². The van der Waals surface area contributed by atoms with E-state index in [0.717, 1.165) is 0 Å². The standard InChI is InChI=1S/C16H21N3O2S/c17-6-13-7-18(8-14(13)12-4-2-1-3-5-12)15(20)9-19-11-22-10-16(19)21/h1-5,13-14H,6-11,17H2/t13-,14+/m1/s1. The summed E-state index contributed by atoms with van der Waals surface area (Å²) in [5.74, 6) is 1.79. The number of hydrogen-bond donors (Lipinski definition) is 1. The first-order valence-corrected chi connectivity index (χ1v) is 8.73. The molecule has 0 aliphatic carbocycles. The third-order valence-corrected chi connectivity index (χ3v) is 5.42. The fourth-order valence-electron chi connectivity index (χ4n) is 3.20. The second-order valence-electron chi connectivity index (χ2n) is 5.88. The maximum Gasteiger partial charge on any atom is 0.242 e. The van der Waals surface area contributed by atoms with Crippen molar-refractivity contribution in [3.63, 3.8) is 0 Å². The first-order valence-electron chi connectivity index (χ1n) is 7.57. The lowest BCUT2D eigenvalue weighted by atomic mass is 9.89. The molecular formula is C16H21N3O2S. The molecule has 2 amide bonds. The van der Waals surface area contributed by atoms with E-state index < -0.39 is 0 Å². The summed E-state index contributed by atoms with van der Waals surface area (Å²) in [4.78, 5) is 27.6. The molecule has 2 saturated heterocycles. The van der Waals surface area contributed by atoms with Crippen molar-refractivity contribution in [2.24, 2.45) is 11.7 Å². The molecule has 2 atom stereocenters. The van der Waals surface area contributed by atoms with E-state index in [0.29, 0.717) is 37.2 Å². The second-order valence-corrected chi connectivity index (χ2v) is 6.84. The molecule has 0 spiro atoms. The summed E-state index contributed by atoms with van der Waals surface area (Å²) < 4.78 is 0. The van der Waals surface area contributed by atoms with Crippen molar-refractivity contribution in [3.8, 4) is 0 Å². The van der Waals surface area contributed by atoms with Crippen LogP contribution in [0.1, 0.15) is 11.5 Å². The summed E-state index contributed by atoms with van der Waals surface area (Å²) >= 11 is 1.56. The van der Waals surface area contributed by atoms with Crippen LogP contribution >= 0.6 is 11.8 Å². The minimum Gasteiger partial charge on any atom is -0.340 e. The molecular weight excluding hydrogens is 298 g/mol. The predicted molar refractivity (Wildman–Crippen MR) is 87.3 cm³/mol. The fraction of sp³-hybridized carbons (Fsp3) is 0.500. The molecule has 118 valence electrons. The average Bonchev–Trinajstić information content (AvgIpc) is 3.15. The number of carbonyl (C=O) groups is 2. The van der Waals surface area contributed by atoms with Crippen molar-refractivity contribution in [2.75, 3.05) is 37.8 Å². The smallest absolute Gasteiger partial charge is 0.242 e. The molecule has 22 heavy (non-hydrogen) atoms. The minimum atomic E-state index is 0.0349. The first kappa shape index (κ1) is 15.4. The molecule has 0 unspecified atom stereocenters. The van der Waals surface area contributed by atoms with Crippen molar-refractivity contribution >= 4 is 23.6 Å². The van der Waals surface area contributed by atoms with Crippen molar-refractivity contribution in [3.05, 3.63) is 35.9 Å². The van der Waals surface area contributed by atoms with Crippen molar-refractivity contribution < 1.29 is 9.59 Å². The third-order valence-electron chi connectivity index (χ3n) is 4.48. The van der Waals surface area contributed by atoms with Gasteiger partial charge in [-0.3, -0.25) is 9.59 Å². The van der Waals surface area contributed by atoms with Gasteiger partial charge in [0.05, 0.1) is 11.6 Å². The van der Waals surface area contributed by atoms with Gasteiger partial charge in [0.25, 0.3) is 0 Å². The summed E-state index contributed by atoms with van der Waals surface area (Å²) in [5, 5.41) is 0. The number of amides is 2. The fourth-order valence-corrected chi connectivity index (χ4v) is 4.10. The number of rotatable bonds is 4. The Morgan fingerprint density at radius 2 is 2.05 bits per heavy atom. The molecule has 0 aromatic heterocycles. The lowest BCUT2D eigenvalue weighted by Gasteiger charge is -2.20. The van der Waals surface area contributed by atoms with E-state index in [1.807, 2.05) is 23.1 Å². The lowest BCUT2D eigenvalue weighted by Crippen LogP contribution is -2.40. The van der Waals surface area contributed by atoms with Crippen LogP contribution < -0.4 is 5.73 Å². The van der Waals surface area contributed by atoms with Crippen LogP contribution in [0.25, 0.3) is 0 Å². The van der Waals surface area contributed by atoms with Crippen LogP contribution in [0.5, 0.6) is 0 Å². The van der Waals surface area contributed by atoms with E-state index in [1.54, 1.807) is 16.7 Å². The summed E-state index contributed by atoms with van der Waals surface area (Å²) in [6.07, 6.45) is 0. The highest BCUT2D eigenvalue weighted by atomic mass is 32.2. The van der Waals surface area contributed by atoms with Crippen molar-refractivity contribution in [1.29, 1.82) is 0 Å². The number of nitrogens with zero attached hydrogens (tertiary/aromatic N) is 2. The zero-order chi connectivity index (χ0) is 15.5. The summed E-state index contributed by atoms with van der Waals surface area (Å²) in [7, 11) is 0. The Labute approximate surface area is 134 Å². The van der Waals surface area contributed by atoms with E-state index in [4.69, 9.17) is 5.73 Å². The van der Waals surface area contributed by atoms with E-state index in [9.17, 15) is 9.59 Å². The Kier molecular flexibility index (Phi) is 4.69. The van der Waals surface area contributed by atoms with E-state index >= 15 is 0 Å². The highest BCUT2D eigenvalue weighted by Crippen LogP contribution is 2.32. The normalized spacial score (nSPS) is 25.0. The summed E-state index contributed by atoms with van der Waals surface area (Å²) in [6.45, 7) is 2.15. The number of thioether (sulfide) groups is 1. The Hall–Kier alpha value is -1.53. The van der Waals surface area contributed by atoms with Crippen LogP contribution in [0.4, 0.5) is 0 Å². The summed E-state index contributed by atoms with van der Waals surface area (Å²) in [5.41, 5.74) is 7.14. The maximum absolute atomic E-state index is 12.5. The maximum atomic E-state index is 12.5. The van der Waals surface area contributed by atoms with Gasteiger partial charge in [0.1, 0.15) is 6.54 Å².